The number of fused-ring (bicyclic) bond motifs is 4. The lowest BCUT2D eigenvalue weighted by molar-refractivity contribution is 0.0834. The number of ether oxygens (including phenoxy) is 1. The van der Waals surface area contributed by atoms with Gasteiger partial charge < -0.3 is 29.9 Å². The van der Waals surface area contributed by atoms with Crippen LogP contribution in [-0.4, -0.2) is 54.0 Å². The lowest BCUT2D eigenvalue weighted by Crippen LogP contribution is -2.67. The van der Waals surface area contributed by atoms with Gasteiger partial charge in [0.2, 0.25) is 0 Å². The Morgan fingerprint density at radius 3 is 2.75 bits per heavy atom. The fraction of sp³-hybridized carbons (Fsp3) is 0.348. The number of likely N-dealkylation sites (tertiary alicyclic amines) is 1. The average Bonchev–Trinajstić information content (AvgIpc) is 3.06. The molecule has 1 saturated heterocycles. The normalized spacial score (nSPS) is 19.0. The lowest BCUT2D eigenvalue weighted by atomic mass is 9.69. The minimum absolute atomic E-state index is 0.0432. The van der Waals surface area contributed by atoms with Gasteiger partial charge >= 0.3 is 6.03 Å². The van der Waals surface area contributed by atoms with Crippen LogP contribution in [0.1, 0.15) is 17.3 Å². The number of urea groups is 1. The van der Waals surface area contributed by atoms with E-state index in [-0.39, 0.29) is 23.8 Å². The second-order valence-electron chi connectivity index (χ2n) is 8.51. The zero-order valence-electron chi connectivity index (χ0n) is 17.8. The molecule has 9 heteroatoms. The largest absolute Gasteiger partial charge is 0.497 e. The number of aryl methyl sites for hydroxylation is 1. The highest BCUT2D eigenvalue weighted by atomic mass is 19.1. The Bertz CT molecular complexity index is 1220. The van der Waals surface area contributed by atoms with E-state index in [0.717, 1.165) is 40.0 Å². The van der Waals surface area contributed by atoms with Crippen molar-refractivity contribution in [2.75, 3.05) is 38.7 Å². The van der Waals surface area contributed by atoms with Crippen molar-refractivity contribution in [3.05, 3.63) is 59.3 Å². The highest BCUT2D eigenvalue weighted by Gasteiger charge is 2.52. The molecule has 3 N–H and O–H groups in total. The van der Waals surface area contributed by atoms with Gasteiger partial charge in [0.05, 0.1) is 31.0 Å². The molecule has 1 spiro atoms. The highest BCUT2D eigenvalue weighted by molar-refractivity contribution is 5.92. The van der Waals surface area contributed by atoms with Crippen LogP contribution in [0.25, 0.3) is 10.9 Å². The summed E-state index contributed by atoms with van der Waals surface area (Å²) >= 11 is 0. The van der Waals surface area contributed by atoms with Crippen molar-refractivity contribution in [2.24, 2.45) is 7.05 Å². The molecular weight excluding hydrogens is 418 g/mol. The van der Waals surface area contributed by atoms with Crippen molar-refractivity contribution in [3.63, 3.8) is 0 Å². The molecule has 0 saturated carbocycles. The van der Waals surface area contributed by atoms with Crippen LogP contribution >= 0.6 is 0 Å². The SMILES string of the molecule is COc1ccc2c3c(n(C)c2c1)[C@@H](CO)NCC31CN(C(=O)Nc2ccc(F)cc2F)C1. The Morgan fingerprint density at radius 1 is 1.28 bits per heavy atom. The molecule has 168 valence electrons. The van der Waals surface area contributed by atoms with E-state index in [1.165, 1.54) is 6.07 Å². The van der Waals surface area contributed by atoms with E-state index in [0.29, 0.717) is 19.6 Å². The van der Waals surface area contributed by atoms with E-state index >= 15 is 0 Å². The first-order chi connectivity index (χ1) is 15.4. The fourth-order valence-corrected chi connectivity index (χ4v) is 5.07. The van der Waals surface area contributed by atoms with Gasteiger partial charge in [-0.3, -0.25) is 0 Å². The maximum atomic E-state index is 13.9. The van der Waals surface area contributed by atoms with Gasteiger partial charge in [-0.25, -0.2) is 13.6 Å². The van der Waals surface area contributed by atoms with Gasteiger partial charge in [0.25, 0.3) is 0 Å². The summed E-state index contributed by atoms with van der Waals surface area (Å²) in [4.78, 5) is 14.3. The van der Waals surface area contributed by atoms with Crippen molar-refractivity contribution in [3.8, 4) is 5.75 Å². The number of nitrogens with one attached hydrogen (secondary N) is 2. The van der Waals surface area contributed by atoms with E-state index in [1.807, 2.05) is 25.2 Å². The first kappa shape index (κ1) is 20.7. The lowest BCUT2D eigenvalue weighted by Gasteiger charge is -2.53. The van der Waals surface area contributed by atoms with Crippen LogP contribution < -0.4 is 15.4 Å². The first-order valence-electron chi connectivity index (χ1n) is 10.4. The molecule has 1 fully saturated rings. The minimum atomic E-state index is -0.816. The van der Waals surface area contributed by atoms with Crippen LogP contribution in [0.5, 0.6) is 5.75 Å². The molecule has 2 aliphatic rings. The molecule has 1 aromatic heterocycles. The molecule has 3 heterocycles. The van der Waals surface area contributed by atoms with Gasteiger partial charge in [-0.05, 0) is 29.8 Å². The minimum Gasteiger partial charge on any atom is -0.497 e. The second kappa shape index (κ2) is 7.46. The van der Waals surface area contributed by atoms with Gasteiger partial charge in [0.1, 0.15) is 17.4 Å². The third kappa shape index (κ3) is 3.03. The Hall–Kier alpha value is -3.17. The Labute approximate surface area is 183 Å². The number of methoxy groups -OCH3 is 1. The van der Waals surface area contributed by atoms with Crippen molar-refractivity contribution in [1.82, 2.24) is 14.8 Å². The van der Waals surface area contributed by atoms with Gasteiger partial charge in [-0.2, -0.15) is 0 Å². The van der Waals surface area contributed by atoms with Crippen LogP contribution in [0.2, 0.25) is 0 Å². The number of aliphatic hydroxyl groups excluding tert-OH is 1. The number of carbonyl (C=O) groups excluding carboxylic acids is 1. The topological polar surface area (TPSA) is 78.8 Å². The molecule has 0 aliphatic carbocycles. The van der Waals surface area contributed by atoms with Crippen molar-refractivity contribution < 1.29 is 23.4 Å². The number of nitrogens with zero attached hydrogens (tertiary/aromatic N) is 2. The summed E-state index contributed by atoms with van der Waals surface area (Å²) in [6.07, 6.45) is 0. The smallest absolute Gasteiger partial charge is 0.321 e. The molecule has 1 atom stereocenters. The molecule has 2 aromatic carbocycles. The number of hydrogen-bond acceptors (Lipinski definition) is 4. The van der Waals surface area contributed by atoms with Crippen LogP contribution in [0.4, 0.5) is 19.3 Å². The fourth-order valence-electron chi connectivity index (χ4n) is 5.07. The van der Waals surface area contributed by atoms with E-state index in [9.17, 15) is 18.7 Å². The van der Waals surface area contributed by atoms with E-state index in [1.54, 1.807) is 12.0 Å². The average molecular weight is 442 g/mol. The molecule has 2 amide bonds. The molecule has 7 nitrogen and oxygen atoms in total. The van der Waals surface area contributed by atoms with Crippen LogP contribution in [-0.2, 0) is 12.5 Å². The Kier molecular flexibility index (Phi) is 4.83. The molecule has 0 radical (unpaired) electrons. The molecule has 32 heavy (non-hydrogen) atoms. The summed E-state index contributed by atoms with van der Waals surface area (Å²) in [5.74, 6) is -0.770. The zero-order chi connectivity index (χ0) is 22.6. The second-order valence-corrected chi connectivity index (χ2v) is 8.51. The van der Waals surface area contributed by atoms with Crippen LogP contribution in [0.3, 0.4) is 0 Å². The molecule has 0 unspecified atom stereocenters. The summed E-state index contributed by atoms with van der Waals surface area (Å²) in [5, 5.41) is 17.0. The predicted molar refractivity (Wildman–Crippen MR) is 116 cm³/mol. The van der Waals surface area contributed by atoms with E-state index in [2.05, 4.69) is 15.2 Å². The number of anilines is 1. The summed E-state index contributed by atoms with van der Waals surface area (Å²) in [7, 11) is 3.58. The van der Waals surface area contributed by atoms with Crippen molar-refractivity contribution in [2.45, 2.75) is 11.5 Å². The van der Waals surface area contributed by atoms with Gasteiger partial charge in [0, 0.05) is 55.3 Å². The third-order valence-corrected chi connectivity index (χ3v) is 6.63. The number of aliphatic hydroxyl groups is 1. The first-order valence-corrected chi connectivity index (χ1v) is 10.4. The van der Waals surface area contributed by atoms with Crippen molar-refractivity contribution >= 4 is 22.6 Å². The van der Waals surface area contributed by atoms with Gasteiger partial charge in [-0.1, -0.05) is 0 Å². The Balaban J connectivity index is 1.46. The number of hydrogen-bond donors (Lipinski definition) is 3. The predicted octanol–water partition coefficient (Wildman–Crippen LogP) is 2.89. The molecule has 5 rings (SSSR count). The maximum Gasteiger partial charge on any atom is 0.321 e. The number of carbonyl (C=O) groups is 1. The maximum absolute atomic E-state index is 13.9. The number of rotatable bonds is 3. The molecule has 3 aromatic rings. The summed E-state index contributed by atoms with van der Waals surface area (Å²) in [6.45, 7) is 1.43. The molecular formula is C23H24F2N4O3. The molecule has 0 bridgehead atoms. The number of benzene rings is 2. The van der Waals surface area contributed by atoms with Crippen LogP contribution in [0, 0.1) is 11.6 Å². The number of amides is 2. The quantitative estimate of drug-likeness (QED) is 0.583. The standard InChI is InChI=1S/C23H24F2N4O3/c1-28-19-8-14(32-2)4-5-15(19)20-21(28)18(9-30)26-10-23(20)11-29(12-23)22(31)27-17-6-3-13(24)7-16(17)25/h3-8,18,26,30H,9-12H2,1-2H3,(H,27,31)/t18-/m1/s1. The summed E-state index contributed by atoms with van der Waals surface area (Å²) < 4.78 is 34.5. The monoisotopic (exact) mass is 442 g/mol. The highest BCUT2D eigenvalue weighted by Crippen LogP contribution is 2.46. The van der Waals surface area contributed by atoms with Gasteiger partial charge in [-0.15, -0.1) is 0 Å². The summed E-state index contributed by atoms with van der Waals surface area (Å²) in [6, 6.07) is 8.30. The summed E-state index contributed by atoms with van der Waals surface area (Å²) in [5.41, 5.74) is 2.72. The zero-order valence-corrected chi connectivity index (χ0v) is 17.8. The molecule has 2 aliphatic heterocycles. The number of halogens is 2. The van der Waals surface area contributed by atoms with E-state index in [4.69, 9.17) is 4.74 Å². The van der Waals surface area contributed by atoms with Crippen LogP contribution in [0.15, 0.2) is 36.4 Å². The van der Waals surface area contributed by atoms with E-state index < -0.39 is 17.7 Å². The third-order valence-electron chi connectivity index (χ3n) is 6.63. The number of aromatic nitrogens is 1. The van der Waals surface area contributed by atoms with Gasteiger partial charge in [0.15, 0.2) is 0 Å². The van der Waals surface area contributed by atoms with Crippen molar-refractivity contribution in [1.29, 1.82) is 0 Å². The Morgan fingerprint density at radius 2 is 2.06 bits per heavy atom.